The van der Waals surface area contributed by atoms with Crippen molar-refractivity contribution in [2.75, 3.05) is 5.73 Å². The largest absolute Gasteiger partial charge is 0.365 e. The van der Waals surface area contributed by atoms with Gasteiger partial charge in [0.2, 0.25) is 5.89 Å². The fourth-order valence-corrected chi connectivity index (χ4v) is 2.07. The molecule has 0 aromatic carbocycles. The van der Waals surface area contributed by atoms with Crippen molar-refractivity contribution in [1.29, 1.82) is 0 Å². The third-order valence-corrected chi connectivity index (χ3v) is 2.74. The molecule has 1 aromatic rings. The van der Waals surface area contributed by atoms with E-state index >= 15 is 0 Å². The van der Waals surface area contributed by atoms with Gasteiger partial charge in [0.1, 0.15) is 0 Å². The summed E-state index contributed by atoms with van der Waals surface area (Å²) >= 11 is 0. The molecule has 0 aliphatic heterocycles. The Labute approximate surface area is 77.5 Å². The standard InChI is InChI=1S/C9H15N3O/c1-6-3-2-4-7(5-6)8-11-9(10)12-13-8/h6-7H,2-5H2,1H3,(H2,10,12). The molecule has 2 N–H and O–H groups in total. The minimum Gasteiger partial charge on any atom is -0.365 e. The van der Waals surface area contributed by atoms with Crippen molar-refractivity contribution in [2.24, 2.45) is 5.92 Å². The number of nitrogen functional groups attached to an aromatic ring is 1. The Hall–Kier alpha value is -1.06. The average Bonchev–Trinajstić information content (AvgIpc) is 2.52. The molecule has 0 saturated heterocycles. The van der Waals surface area contributed by atoms with Crippen molar-refractivity contribution < 1.29 is 4.52 Å². The molecule has 1 aromatic heterocycles. The Bertz CT molecular complexity index is 284. The highest BCUT2D eigenvalue weighted by atomic mass is 16.5. The second kappa shape index (κ2) is 3.36. The van der Waals surface area contributed by atoms with E-state index in [0.717, 1.165) is 24.7 Å². The molecular formula is C9H15N3O. The first-order chi connectivity index (χ1) is 6.25. The molecule has 1 heterocycles. The Kier molecular flexibility index (Phi) is 2.20. The highest BCUT2D eigenvalue weighted by molar-refractivity contribution is 5.12. The molecule has 1 aliphatic rings. The molecule has 2 rings (SSSR count). The van der Waals surface area contributed by atoms with Crippen LogP contribution in [0.15, 0.2) is 4.52 Å². The van der Waals surface area contributed by atoms with Crippen LogP contribution in [-0.2, 0) is 0 Å². The quantitative estimate of drug-likeness (QED) is 0.719. The van der Waals surface area contributed by atoms with Gasteiger partial charge in [0, 0.05) is 5.92 Å². The third-order valence-electron chi connectivity index (χ3n) is 2.74. The third kappa shape index (κ3) is 1.82. The van der Waals surface area contributed by atoms with E-state index in [-0.39, 0.29) is 5.95 Å². The molecule has 1 saturated carbocycles. The topological polar surface area (TPSA) is 64.9 Å². The van der Waals surface area contributed by atoms with Crippen LogP contribution in [0, 0.1) is 5.92 Å². The van der Waals surface area contributed by atoms with Gasteiger partial charge in [-0.25, -0.2) is 0 Å². The van der Waals surface area contributed by atoms with E-state index < -0.39 is 0 Å². The fraction of sp³-hybridized carbons (Fsp3) is 0.778. The number of aromatic nitrogens is 2. The van der Waals surface area contributed by atoms with Gasteiger partial charge in [-0.15, -0.1) is 0 Å². The maximum absolute atomic E-state index is 5.40. The number of hydrogen-bond donors (Lipinski definition) is 1. The number of hydrogen-bond acceptors (Lipinski definition) is 4. The highest BCUT2D eigenvalue weighted by Gasteiger charge is 2.24. The minimum atomic E-state index is 0.258. The zero-order chi connectivity index (χ0) is 9.26. The zero-order valence-corrected chi connectivity index (χ0v) is 7.86. The second-order valence-corrected chi connectivity index (χ2v) is 3.96. The van der Waals surface area contributed by atoms with E-state index in [0.29, 0.717) is 5.92 Å². The summed E-state index contributed by atoms with van der Waals surface area (Å²) in [6.07, 6.45) is 4.89. The van der Waals surface area contributed by atoms with E-state index in [1.165, 1.54) is 12.8 Å². The van der Waals surface area contributed by atoms with Crippen LogP contribution < -0.4 is 5.73 Å². The van der Waals surface area contributed by atoms with Crippen LogP contribution in [0.2, 0.25) is 0 Å². The highest BCUT2D eigenvalue weighted by Crippen LogP contribution is 2.34. The van der Waals surface area contributed by atoms with E-state index in [2.05, 4.69) is 17.1 Å². The van der Waals surface area contributed by atoms with Gasteiger partial charge >= 0.3 is 0 Å². The molecule has 4 heteroatoms. The van der Waals surface area contributed by atoms with Gasteiger partial charge in [-0.3, -0.25) is 0 Å². The van der Waals surface area contributed by atoms with Gasteiger partial charge in [-0.2, -0.15) is 4.98 Å². The van der Waals surface area contributed by atoms with Gasteiger partial charge in [0.25, 0.3) is 5.95 Å². The smallest absolute Gasteiger partial charge is 0.260 e. The molecule has 1 aliphatic carbocycles. The lowest BCUT2D eigenvalue weighted by atomic mass is 9.82. The van der Waals surface area contributed by atoms with Crippen LogP contribution in [0.4, 0.5) is 5.95 Å². The van der Waals surface area contributed by atoms with Crippen LogP contribution in [0.3, 0.4) is 0 Å². The van der Waals surface area contributed by atoms with Crippen molar-refractivity contribution in [3.63, 3.8) is 0 Å². The predicted molar refractivity (Wildman–Crippen MR) is 49.1 cm³/mol. The van der Waals surface area contributed by atoms with Crippen molar-refractivity contribution in [1.82, 2.24) is 10.1 Å². The Morgan fingerprint density at radius 1 is 1.46 bits per heavy atom. The SMILES string of the molecule is CC1CCCC(c2nc(N)no2)C1. The first-order valence-corrected chi connectivity index (χ1v) is 4.85. The summed E-state index contributed by atoms with van der Waals surface area (Å²) < 4.78 is 5.07. The average molecular weight is 181 g/mol. The van der Waals surface area contributed by atoms with Crippen LogP contribution in [0.5, 0.6) is 0 Å². The van der Waals surface area contributed by atoms with Crippen LogP contribution in [-0.4, -0.2) is 10.1 Å². The zero-order valence-electron chi connectivity index (χ0n) is 7.86. The predicted octanol–water partition coefficient (Wildman–Crippen LogP) is 1.95. The first-order valence-electron chi connectivity index (χ1n) is 4.85. The molecule has 13 heavy (non-hydrogen) atoms. The molecule has 2 atom stereocenters. The van der Waals surface area contributed by atoms with Gasteiger partial charge in [-0.05, 0) is 23.9 Å². The van der Waals surface area contributed by atoms with E-state index in [1.54, 1.807) is 0 Å². The molecule has 0 amide bonds. The van der Waals surface area contributed by atoms with Crippen LogP contribution >= 0.6 is 0 Å². The maximum Gasteiger partial charge on any atom is 0.260 e. The Balaban J connectivity index is 2.08. The van der Waals surface area contributed by atoms with Crippen molar-refractivity contribution >= 4 is 5.95 Å². The summed E-state index contributed by atoms with van der Waals surface area (Å²) in [7, 11) is 0. The van der Waals surface area contributed by atoms with Crippen molar-refractivity contribution in [3.05, 3.63) is 5.89 Å². The molecule has 72 valence electrons. The Morgan fingerprint density at radius 3 is 2.92 bits per heavy atom. The van der Waals surface area contributed by atoms with Gasteiger partial charge in [0.15, 0.2) is 0 Å². The van der Waals surface area contributed by atoms with Crippen LogP contribution in [0.1, 0.15) is 44.4 Å². The van der Waals surface area contributed by atoms with E-state index in [4.69, 9.17) is 10.3 Å². The van der Waals surface area contributed by atoms with Gasteiger partial charge in [0.05, 0.1) is 0 Å². The van der Waals surface area contributed by atoms with Crippen molar-refractivity contribution in [3.8, 4) is 0 Å². The molecule has 1 fully saturated rings. The van der Waals surface area contributed by atoms with Crippen molar-refractivity contribution in [2.45, 2.75) is 38.5 Å². The summed E-state index contributed by atoms with van der Waals surface area (Å²) in [4.78, 5) is 4.07. The summed E-state index contributed by atoms with van der Waals surface area (Å²) in [6, 6.07) is 0. The number of nitrogens with zero attached hydrogens (tertiary/aromatic N) is 2. The molecule has 0 bridgehead atoms. The van der Waals surface area contributed by atoms with Crippen LogP contribution in [0.25, 0.3) is 0 Å². The van der Waals surface area contributed by atoms with Gasteiger partial charge in [-0.1, -0.05) is 19.8 Å². The lowest BCUT2D eigenvalue weighted by Crippen LogP contribution is -2.11. The normalized spacial score (nSPS) is 29.0. The molecule has 0 radical (unpaired) electrons. The summed E-state index contributed by atoms with van der Waals surface area (Å²) in [5.41, 5.74) is 5.40. The number of anilines is 1. The molecule has 2 unspecified atom stereocenters. The molecule has 0 spiro atoms. The first kappa shape index (κ1) is 8.53. The summed E-state index contributed by atoms with van der Waals surface area (Å²) in [6.45, 7) is 2.27. The fourth-order valence-electron chi connectivity index (χ4n) is 2.07. The summed E-state index contributed by atoms with van der Waals surface area (Å²) in [5.74, 6) is 2.19. The molecule has 4 nitrogen and oxygen atoms in total. The molecular weight excluding hydrogens is 166 g/mol. The number of rotatable bonds is 1. The lowest BCUT2D eigenvalue weighted by molar-refractivity contribution is 0.276. The second-order valence-electron chi connectivity index (χ2n) is 3.96. The number of nitrogens with two attached hydrogens (primary N) is 1. The maximum atomic E-state index is 5.40. The van der Waals surface area contributed by atoms with Gasteiger partial charge < -0.3 is 10.3 Å². The lowest BCUT2D eigenvalue weighted by Gasteiger charge is -2.23. The van der Waals surface area contributed by atoms with E-state index in [1.807, 2.05) is 0 Å². The summed E-state index contributed by atoms with van der Waals surface area (Å²) in [5, 5.41) is 3.61. The minimum absolute atomic E-state index is 0.258. The van der Waals surface area contributed by atoms with E-state index in [9.17, 15) is 0 Å². The Morgan fingerprint density at radius 2 is 2.31 bits per heavy atom. The monoisotopic (exact) mass is 181 g/mol.